The molecule has 1 amide bonds. The Hall–Kier alpha value is -1.45. The Morgan fingerprint density at radius 3 is 2.46 bits per heavy atom. The van der Waals surface area contributed by atoms with Gasteiger partial charge in [0.25, 0.3) is 5.91 Å². The molecule has 2 aliphatic heterocycles. The van der Waals surface area contributed by atoms with E-state index < -0.39 is 0 Å². The van der Waals surface area contributed by atoms with Crippen molar-refractivity contribution in [3.05, 3.63) is 60.1 Å². The number of halogens is 5. The van der Waals surface area contributed by atoms with Gasteiger partial charge in [-0.2, -0.15) is 0 Å². The first-order valence-corrected chi connectivity index (χ1v) is 12.8. The first-order valence-electron chi connectivity index (χ1n) is 10.5. The summed E-state index contributed by atoms with van der Waals surface area (Å²) in [6.07, 6.45) is 3.60. The second kappa shape index (κ2) is 11.3. The van der Waals surface area contributed by atoms with Crippen LogP contribution in [0, 0.1) is 0 Å². The number of rotatable bonds is 7. The van der Waals surface area contributed by atoms with Crippen molar-refractivity contribution in [2.45, 2.75) is 25.6 Å². The van der Waals surface area contributed by atoms with E-state index >= 15 is 0 Å². The maximum atomic E-state index is 12.9. The largest absolute Gasteiger partial charge is 0.496 e. The summed E-state index contributed by atoms with van der Waals surface area (Å²) in [4.78, 5) is 14.5. The van der Waals surface area contributed by atoms with Crippen LogP contribution >= 0.6 is 70.2 Å². The average molecular weight is 597 g/mol. The van der Waals surface area contributed by atoms with E-state index in [0.717, 1.165) is 18.4 Å². The molecule has 0 saturated carbocycles. The minimum Gasteiger partial charge on any atom is -0.496 e. The lowest BCUT2D eigenvalue weighted by atomic mass is 10.1. The summed E-state index contributed by atoms with van der Waals surface area (Å²) in [6.45, 7) is 1.16. The molecule has 0 spiro atoms. The molecule has 0 bridgehead atoms. The lowest BCUT2D eigenvalue weighted by molar-refractivity contribution is -0.123. The second-order valence-electron chi connectivity index (χ2n) is 7.80. The predicted molar refractivity (Wildman–Crippen MR) is 143 cm³/mol. The summed E-state index contributed by atoms with van der Waals surface area (Å²) in [5, 5.41) is 3.56. The van der Waals surface area contributed by atoms with Gasteiger partial charge in [0.1, 0.15) is 28.1 Å². The summed E-state index contributed by atoms with van der Waals surface area (Å²) in [5.74, 6) is 0.455. The van der Waals surface area contributed by atoms with E-state index in [0.29, 0.717) is 35.3 Å². The van der Waals surface area contributed by atoms with Gasteiger partial charge in [0.05, 0.1) is 34.8 Å². The van der Waals surface area contributed by atoms with Crippen molar-refractivity contribution in [1.82, 2.24) is 10.2 Å². The van der Waals surface area contributed by atoms with Crippen LogP contribution in [0.2, 0.25) is 25.1 Å². The highest BCUT2D eigenvalue weighted by Crippen LogP contribution is 2.48. The van der Waals surface area contributed by atoms with Gasteiger partial charge >= 0.3 is 0 Å². The SMILES string of the molecule is COc1ccc(/C=C2/NC(=S)N(CC3CCCO3)C2=O)cc1COc1c(Cl)c(Cl)c(Cl)c(Cl)c1Cl. The summed E-state index contributed by atoms with van der Waals surface area (Å²) in [7, 11) is 1.54. The zero-order valence-electron chi connectivity index (χ0n) is 18.3. The first kappa shape index (κ1) is 26.6. The molecule has 4 rings (SSSR count). The maximum Gasteiger partial charge on any atom is 0.276 e. The third-order valence-electron chi connectivity index (χ3n) is 5.53. The molecule has 1 atom stereocenters. The minimum atomic E-state index is -0.205. The van der Waals surface area contributed by atoms with E-state index in [1.807, 2.05) is 12.1 Å². The van der Waals surface area contributed by atoms with Gasteiger partial charge in [-0.15, -0.1) is 0 Å². The zero-order chi connectivity index (χ0) is 25.3. The summed E-state index contributed by atoms with van der Waals surface area (Å²) < 4.78 is 16.9. The molecule has 1 unspecified atom stereocenters. The fraction of sp³-hybridized carbons (Fsp3) is 0.304. The van der Waals surface area contributed by atoms with Crippen LogP contribution in [0.15, 0.2) is 23.9 Å². The fourth-order valence-corrected chi connectivity index (χ4v) is 5.26. The van der Waals surface area contributed by atoms with Crippen molar-refractivity contribution in [3.63, 3.8) is 0 Å². The van der Waals surface area contributed by atoms with E-state index in [-0.39, 0.29) is 49.5 Å². The van der Waals surface area contributed by atoms with Crippen LogP contribution in [0.25, 0.3) is 6.08 Å². The second-order valence-corrected chi connectivity index (χ2v) is 10.1. The quantitative estimate of drug-likeness (QED) is 0.165. The van der Waals surface area contributed by atoms with Crippen LogP contribution in [0.3, 0.4) is 0 Å². The topological polar surface area (TPSA) is 60.0 Å². The number of thiocarbonyl (C=S) groups is 1. The highest BCUT2D eigenvalue weighted by Gasteiger charge is 2.33. The van der Waals surface area contributed by atoms with E-state index in [1.165, 1.54) is 12.0 Å². The van der Waals surface area contributed by atoms with Gasteiger partial charge in [0, 0.05) is 12.2 Å². The number of nitrogens with one attached hydrogen (secondary N) is 1. The molecule has 0 aliphatic carbocycles. The molecular formula is C23H19Cl5N2O4S. The summed E-state index contributed by atoms with van der Waals surface area (Å²) >= 11 is 36.2. The lowest BCUT2D eigenvalue weighted by Gasteiger charge is -2.18. The first-order chi connectivity index (χ1) is 16.7. The smallest absolute Gasteiger partial charge is 0.276 e. The molecule has 2 saturated heterocycles. The number of ether oxygens (including phenoxy) is 3. The van der Waals surface area contributed by atoms with Crippen molar-refractivity contribution in [2.75, 3.05) is 20.3 Å². The number of carbonyl (C=O) groups excluding carboxylic acids is 1. The van der Waals surface area contributed by atoms with Crippen molar-refractivity contribution in [2.24, 2.45) is 0 Å². The number of amides is 1. The Morgan fingerprint density at radius 2 is 1.83 bits per heavy atom. The van der Waals surface area contributed by atoms with Crippen LogP contribution < -0.4 is 14.8 Å². The van der Waals surface area contributed by atoms with Crippen LogP contribution in [0.5, 0.6) is 11.5 Å². The number of hydrogen-bond acceptors (Lipinski definition) is 5. The van der Waals surface area contributed by atoms with Crippen LogP contribution in [0.1, 0.15) is 24.0 Å². The normalized spacial score (nSPS) is 19.0. The van der Waals surface area contributed by atoms with Gasteiger partial charge in [-0.25, -0.2) is 0 Å². The number of benzene rings is 2. The van der Waals surface area contributed by atoms with Crippen molar-refractivity contribution in [1.29, 1.82) is 0 Å². The molecule has 0 radical (unpaired) electrons. The van der Waals surface area contributed by atoms with Gasteiger partial charge in [0.15, 0.2) is 10.9 Å². The van der Waals surface area contributed by atoms with Crippen molar-refractivity contribution >= 4 is 87.3 Å². The third-order valence-corrected chi connectivity index (χ3v) is 8.09. The molecule has 1 N–H and O–H groups in total. The molecule has 2 fully saturated rings. The maximum absolute atomic E-state index is 12.9. The fourth-order valence-electron chi connectivity index (χ4n) is 3.76. The average Bonchev–Trinajstić information content (AvgIpc) is 3.46. The summed E-state index contributed by atoms with van der Waals surface area (Å²) in [5.41, 5.74) is 1.76. The number of methoxy groups -OCH3 is 1. The van der Waals surface area contributed by atoms with Crippen LogP contribution in [0.4, 0.5) is 0 Å². The van der Waals surface area contributed by atoms with E-state index in [4.69, 9.17) is 84.4 Å². The van der Waals surface area contributed by atoms with E-state index in [9.17, 15) is 4.79 Å². The molecule has 186 valence electrons. The Labute approximate surface area is 232 Å². The Balaban J connectivity index is 1.55. The van der Waals surface area contributed by atoms with Gasteiger partial charge in [-0.05, 0) is 48.8 Å². The molecule has 6 nitrogen and oxygen atoms in total. The number of nitrogens with zero attached hydrogens (tertiary/aromatic N) is 1. The standard InChI is InChI=1S/C23H19Cl5N2O4S/c1-32-15-5-4-11(8-14-22(31)30(23(35)29-14)9-13-3-2-6-33-13)7-12(15)10-34-21-19(27)17(25)16(24)18(26)20(21)28/h4-5,7-8,13H,2-3,6,9-10H2,1H3,(H,29,35)/b14-8+. The number of hydrogen-bond donors (Lipinski definition) is 1. The highest BCUT2D eigenvalue weighted by molar-refractivity contribution is 7.80. The third kappa shape index (κ3) is 5.62. The van der Waals surface area contributed by atoms with Gasteiger partial charge in [-0.3, -0.25) is 9.69 Å². The number of carbonyl (C=O) groups is 1. The molecule has 2 aromatic rings. The molecule has 0 aromatic heterocycles. The zero-order valence-corrected chi connectivity index (χ0v) is 22.9. The molecule has 2 aromatic carbocycles. The van der Waals surface area contributed by atoms with Gasteiger partial charge in [0.2, 0.25) is 0 Å². The van der Waals surface area contributed by atoms with Crippen LogP contribution in [-0.2, 0) is 16.1 Å². The Morgan fingerprint density at radius 1 is 1.14 bits per heavy atom. The monoisotopic (exact) mass is 594 g/mol. The van der Waals surface area contributed by atoms with E-state index in [2.05, 4.69) is 5.32 Å². The molecule has 35 heavy (non-hydrogen) atoms. The minimum absolute atomic E-state index is 0.00342. The Bertz CT molecular complexity index is 1190. The molecule has 2 heterocycles. The molecule has 2 aliphatic rings. The molecular weight excluding hydrogens is 578 g/mol. The van der Waals surface area contributed by atoms with Crippen LogP contribution in [-0.4, -0.2) is 42.3 Å². The molecule has 12 heteroatoms. The lowest BCUT2D eigenvalue weighted by Crippen LogP contribution is -2.37. The van der Waals surface area contributed by atoms with Crippen molar-refractivity contribution in [3.8, 4) is 11.5 Å². The van der Waals surface area contributed by atoms with E-state index in [1.54, 1.807) is 12.1 Å². The van der Waals surface area contributed by atoms with Gasteiger partial charge in [-0.1, -0.05) is 64.1 Å². The van der Waals surface area contributed by atoms with Gasteiger partial charge < -0.3 is 19.5 Å². The highest BCUT2D eigenvalue weighted by atomic mass is 35.5. The predicted octanol–water partition coefficient (Wildman–Crippen LogP) is 6.78. The Kier molecular flexibility index (Phi) is 8.59. The van der Waals surface area contributed by atoms with Crippen molar-refractivity contribution < 1.29 is 19.0 Å². The summed E-state index contributed by atoms with van der Waals surface area (Å²) in [6, 6.07) is 5.39.